The summed E-state index contributed by atoms with van der Waals surface area (Å²) in [5.74, 6) is 0.905. The highest BCUT2D eigenvalue weighted by Crippen LogP contribution is 2.37. The van der Waals surface area contributed by atoms with E-state index in [1.165, 1.54) is 17.2 Å². The second-order valence-electron chi connectivity index (χ2n) is 13.6. The van der Waals surface area contributed by atoms with Crippen molar-refractivity contribution >= 4 is 39.8 Å². The number of likely N-dealkylation sites (tertiary alicyclic amines) is 1. The topological polar surface area (TPSA) is 74.3 Å². The largest absolute Gasteiger partial charge is 0.462 e. The van der Waals surface area contributed by atoms with Gasteiger partial charge >= 0.3 is 6.01 Å². The van der Waals surface area contributed by atoms with Gasteiger partial charge in [0, 0.05) is 68.6 Å². The van der Waals surface area contributed by atoms with Crippen LogP contribution in [0.3, 0.4) is 0 Å². The number of fused-ring (bicyclic) bond motifs is 2. The number of benzene rings is 3. The van der Waals surface area contributed by atoms with E-state index >= 15 is 0 Å². The lowest BCUT2D eigenvalue weighted by Gasteiger charge is -2.38. The summed E-state index contributed by atoms with van der Waals surface area (Å²) in [6.45, 7) is 13.9. The van der Waals surface area contributed by atoms with Crippen molar-refractivity contribution in [3.8, 4) is 6.01 Å². The number of nitrogens with zero attached hydrogens (tertiary/aromatic N) is 6. The molecule has 2 fully saturated rings. The molecule has 1 amide bonds. The Kier molecular flexibility index (Phi) is 10.8. The van der Waals surface area contributed by atoms with Crippen LogP contribution in [0.4, 0.5) is 11.5 Å². The highest BCUT2D eigenvalue weighted by atomic mass is 35.5. The van der Waals surface area contributed by atoms with E-state index in [9.17, 15) is 4.79 Å². The molecule has 9 nitrogen and oxygen atoms in total. The van der Waals surface area contributed by atoms with Gasteiger partial charge in [0.15, 0.2) is 0 Å². The fourth-order valence-electron chi connectivity index (χ4n) is 7.64. The fraction of sp³-hybridized carbons (Fsp3) is 0.425. The average molecular weight is 695 g/mol. The Morgan fingerprint density at radius 2 is 1.82 bits per heavy atom. The van der Waals surface area contributed by atoms with Crippen LogP contribution < -0.4 is 14.5 Å². The van der Waals surface area contributed by atoms with Crippen LogP contribution in [0.2, 0.25) is 5.02 Å². The van der Waals surface area contributed by atoms with Crippen LogP contribution in [0.1, 0.15) is 41.6 Å². The summed E-state index contributed by atoms with van der Waals surface area (Å²) in [6, 6.07) is 21.7. The van der Waals surface area contributed by atoms with Gasteiger partial charge in [-0.1, -0.05) is 72.3 Å². The standard InChI is InChI=1S/C40H47ClN6O3/c1-3-37(48)45-20-22-46(23-21-45)39-33-16-19-47(36-15-6-12-31-11-5-14-34(41)38(31)36)26-35(33)42-40(43-39)50-28-32-13-7-17-44(32)18-8-24-49-27-30-10-4-9-29(2)25-30/h3-6,9-12,14-15,25,32H,1,7-8,13,16-24,26-28H2,2H3. The first kappa shape index (κ1) is 34.3. The molecule has 1 aromatic heterocycles. The minimum absolute atomic E-state index is 0.0262. The monoisotopic (exact) mass is 694 g/mol. The summed E-state index contributed by atoms with van der Waals surface area (Å²) in [5.41, 5.74) is 5.74. The molecule has 2 saturated heterocycles. The molecule has 0 saturated carbocycles. The normalized spacial score (nSPS) is 18.0. The Morgan fingerprint density at radius 3 is 2.64 bits per heavy atom. The fourth-order valence-corrected chi connectivity index (χ4v) is 7.92. The molecule has 7 rings (SSSR count). The zero-order chi connectivity index (χ0) is 34.5. The van der Waals surface area contributed by atoms with Crippen LogP contribution in [-0.4, -0.2) is 90.7 Å². The highest BCUT2D eigenvalue weighted by Gasteiger charge is 2.30. The van der Waals surface area contributed by atoms with Crippen molar-refractivity contribution in [2.45, 2.75) is 51.8 Å². The number of carbonyl (C=O) groups excluding carboxylic acids is 1. The molecule has 4 heterocycles. The van der Waals surface area contributed by atoms with Crippen LogP contribution in [0.15, 0.2) is 73.3 Å². The molecule has 50 heavy (non-hydrogen) atoms. The van der Waals surface area contributed by atoms with Gasteiger partial charge in [-0.05, 0) is 68.3 Å². The Morgan fingerprint density at radius 1 is 1.00 bits per heavy atom. The molecule has 3 aliphatic heterocycles. The summed E-state index contributed by atoms with van der Waals surface area (Å²) < 4.78 is 12.5. The van der Waals surface area contributed by atoms with E-state index in [1.54, 1.807) is 0 Å². The molecule has 262 valence electrons. The van der Waals surface area contributed by atoms with E-state index in [2.05, 4.69) is 76.7 Å². The molecule has 3 aliphatic rings. The number of hydrogen-bond acceptors (Lipinski definition) is 8. The number of carbonyl (C=O) groups is 1. The van der Waals surface area contributed by atoms with E-state index < -0.39 is 0 Å². The molecule has 4 aromatic rings. The van der Waals surface area contributed by atoms with Crippen molar-refractivity contribution in [3.63, 3.8) is 0 Å². The summed E-state index contributed by atoms with van der Waals surface area (Å²) in [7, 11) is 0. The van der Waals surface area contributed by atoms with Crippen LogP contribution in [0.5, 0.6) is 6.01 Å². The number of anilines is 2. The van der Waals surface area contributed by atoms with Crippen molar-refractivity contribution in [2.75, 3.05) is 68.8 Å². The maximum Gasteiger partial charge on any atom is 0.318 e. The Balaban J connectivity index is 1.05. The number of piperazine rings is 1. The first-order valence-corrected chi connectivity index (χ1v) is 18.3. The summed E-state index contributed by atoms with van der Waals surface area (Å²) in [5, 5.41) is 2.94. The second kappa shape index (κ2) is 15.8. The molecule has 0 spiro atoms. The van der Waals surface area contributed by atoms with Gasteiger partial charge in [-0.25, -0.2) is 0 Å². The Labute approximate surface area is 300 Å². The number of ether oxygens (including phenoxy) is 2. The van der Waals surface area contributed by atoms with E-state index in [-0.39, 0.29) is 5.91 Å². The first-order chi connectivity index (χ1) is 24.5. The lowest BCUT2D eigenvalue weighted by atomic mass is 10.0. The van der Waals surface area contributed by atoms with E-state index in [0.717, 1.165) is 90.5 Å². The Hall–Kier alpha value is -4.18. The number of hydrogen-bond donors (Lipinski definition) is 0. The third-order valence-electron chi connectivity index (χ3n) is 10.2. The second-order valence-corrected chi connectivity index (χ2v) is 14.0. The third kappa shape index (κ3) is 7.75. The summed E-state index contributed by atoms with van der Waals surface area (Å²) in [6.07, 6.45) is 5.44. The van der Waals surface area contributed by atoms with Crippen molar-refractivity contribution in [1.82, 2.24) is 19.8 Å². The van der Waals surface area contributed by atoms with Crippen LogP contribution >= 0.6 is 11.6 Å². The third-order valence-corrected chi connectivity index (χ3v) is 10.6. The SMILES string of the molecule is C=CC(=O)N1CCN(c2nc(OCC3CCCN3CCCOCc3cccc(C)c3)nc3c2CCN(c2cccc4cccc(Cl)c24)C3)CC1. The number of halogens is 1. The molecule has 0 aliphatic carbocycles. The zero-order valence-electron chi connectivity index (χ0n) is 29.0. The van der Waals surface area contributed by atoms with Crippen molar-refractivity contribution < 1.29 is 14.3 Å². The van der Waals surface area contributed by atoms with Gasteiger partial charge in [0.1, 0.15) is 12.4 Å². The molecular formula is C40H47ClN6O3. The molecule has 0 N–H and O–H groups in total. The molecule has 0 bridgehead atoms. The minimum Gasteiger partial charge on any atom is -0.462 e. The molecule has 1 unspecified atom stereocenters. The van der Waals surface area contributed by atoms with Crippen LogP contribution in [0, 0.1) is 6.92 Å². The minimum atomic E-state index is -0.0262. The maximum atomic E-state index is 12.3. The molecule has 10 heteroatoms. The lowest BCUT2D eigenvalue weighted by molar-refractivity contribution is -0.126. The van der Waals surface area contributed by atoms with Gasteiger partial charge < -0.3 is 24.2 Å². The summed E-state index contributed by atoms with van der Waals surface area (Å²) in [4.78, 5) is 31.5. The number of rotatable bonds is 12. The van der Waals surface area contributed by atoms with Gasteiger partial charge in [-0.15, -0.1) is 0 Å². The number of aryl methyl sites for hydroxylation is 1. The van der Waals surface area contributed by atoms with Crippen molar-refractivity contribution in [3.05, 3.63) is 101 Å². The number of amides is 1. The van der Waals surface area contributed by atoms with E-state index in [4.69, 9.17) is 31.0 Å². The van der Waals surface area contributed by atoms with Crippen molar-refractivity contribution in [2.24, 2.45) is 0 Å². The quantitative estimate of drug-likeness (QED) is 0.124. The van der Waals surface area contributed by atoms with Gasteiger partial charge in [0.2, 0.25) is 5.91 Å². The first-order valence-electron chi connectivity index (χ1n) is 18.0. The van der Waals surface area contributed by atoms with Gasteiger partial charge in [0.25, 0.3) is 0 Å². The van der Waals surface area contributed by atoms with E-state index in [0.29, 0.717) is 58.0 Å². The van der Waals surface area contributed by atoms with Gasteiger partial charge in [-0.2, -0.15) is 9.97 Å². The molecular weight excluding hydrogens is 648 g/mol. The van der Waals surface area contributed by atoms with Crippen LogP contribution in [0.25, 0.3) is 10.8 Å². The lowest BCUT2D eigenvalue weighted by Crippen LogP contribution is -2.49. The molecule has 1 atom stereocenters. The highest BCUT2D eigenvalue weighted by molar-refractivity contribution is 6.36. The van der Waals surface area contributed by atoms with Gasteiger partial charge in [0.05, 0.1) is 23.9 Å². The Bertz CT molecular complexity index is 1820. The van der Waals surface area contributed by atoms with E-state index in [1.807, 2.05) is 17.0 Å². The van der Waals surface area contributed by atoms with Crippen molar-refractivity contribution in [1.29, 1.82) is 0 Å². The zero-order valence-corrected chi connectivity index (χ0v) is 29.8. The molecule has 3 aromatic carbocycles. The predicted molar refractivity (Wildman–Crippen MR) is 200 cm³/mol. The average Bonchev–Trinajstić information content (AvgIpc) is 3.60. The molecule has 0 radical (unpaired) electrons. The smallest absolute Gasteiger partial charge is 0.318 e. The summed E-state index contributed by atoms with van der Waals surface area (Å²) >= 11 is 6.75. The predicted octanol–water partition coefficient (Wildman–Crippen LogP) is 6.44. The maximum absolute atomic E-state index is 12.3. The van der Waals surface area contributed by atoms with Crippen LogP contribution in [-0.2, 0) is 29.1 Å². The van der Waals surface area contributed by atoms with Gasteiger partial charge in [-0.3, -0.25) is 9.69 Å². The number of aromatic nitrogens is 2.